The van der Waals surface area contributed by atoms with Crippen molar-refractivity contribution >= 4 is 26.7 Å². The monoisotopic (exact) mass is 224 g/mol. The van der Waals surface area contributed by atoms with Gasteiger partial charge in [-0.15, -0.1) is 0 Å². The van der Waals surface area contributed by atoms with Crippen LogP contribution in [0, 0.1) is 0 Å². The molecule has 0 bridgehead atoms. The Labute approximate surface area is 76.6 Å². The number of hydrogen-bond acceptors (Lipinski definition) is 2. The third kappa shape index (κ3) is 1.04. The second-order valence-electron chi connectivity index (χ2n) is 2.39. The number of aromatic amines is 1. The van der Waals surface area contributed by atoms with Crippen molar-refractivity contribution in [2.75, 3.05) is 0 Å². The fraction of sp³-hybridized carbons (Fsp3) is 0. The number of nitrogens with one attached hydrogen (secondary N) is 1. The molecule has 2 heterocycles. The predicted molar refractivity (Wildman–Crippen MR) is 50.1 cm³/mol. The van der Waals surface area contributed by atoms with E-state index in [1.54, 1.807) is 18.6 Å². The van der Waals surface area contributed by atoms with Gasteiger partial charge in [-0.05, 0) is 22.0 Å². The molecule has 0 aromatic carbocycles. The minimum atomic E-state index is -0.110. The molecule has 0 aliphatic heterocycles. The number of nitrogens with zero attached hydrogens (tertiary/aromatic N) is 1. The zero-order valence-electron chi connectivity index (χ0n) is 6.04. The van der Waals surface area contributed by atoms with Gasteiger partial charge in [0, 0.05) is 28.4 Å². The van der Waals surface area contributed by atoms with Gasteiger partial charge in [-0.1, -0.05) is 0 Å². The minimum Gasteiger partial charge on any atom is -0.329 e. The average molecular weight is 225 g/mol. The van der Waals surface area contributed by atoms with Crippen molar-refractivity contribution in [2.24, 2.45) is 0 Å². The summed E-state index contributed by atoms with van der Waals surface area (Å²) >= 11 is 3.32. The van der Waals surface area contributed by atoms with Gasteiger partial charge in [0.25, 0.3) is 5.56 Å². The van der Waals surface area contributed by atoms with E-state index < -0.39 is 0 Å². The standard InChI is InChI=1S/C8H5BrN2O/c9-7-4-10-3-6-5(7)1-2-11-8(6)12/h1-4H,(H,11,12). The molecule has 0 unspecified atom stereocenters. The van der Waals surface area contributed by atoms with Gasteiger partial charge in [0.05, 0.1) is 5.39 Å². The van der Waals surface area contributed by atoms with E-state index in [0.29, 0.717) is 5.39 Å². The van der Waals surface area contributed by atoms with Gasteiger partial charge in [0.1, 0.15) is 0 Å². The van der Waals surface area contributed by atoms with E-state index in [9.17, 15) is 4.79 Å². The fourth-order valence-electron chi connectivity index (χ4n) is 1.07. The number of H-pyrrole nitrogens is 1. The zero-order chi connectivity index (χ0) is 8.55. The number of fused-ring (bicyclic) bond motifs is 1. The van der Waals surface area contributed by atoms with E-state index >= 15 is 0 Å². The molecule has 4 heteroatoms. The van der Waals surface area contributed by atoms with Crippen molar-refractivity contribution < 1.29 is 0 Å². The van der Waals surface area contributed by atoms with E-state index in [0.717, 1.165) is 9.86 Å². The number of rotatable bonds is 0. The van der Waals surface area contributed by atoms with Crippen molar-refractivity contribution in [2.45, 2.75) is 0 Å². The predicted octanol–water partition coefficient (Wildman–Crippen LogP) is 1.69. The lowest BCUT2D eigenvalue weighted by Gasteiger charge is -1.96. The molecule has 0 atom stereocenters. The van der Waals surface area contributed by atoms with E-state index in [4.69, 9.17) is 0 Å². The molecule has 2 aromatic heterocycles. The van der Waals surface area contributed by atoms with Crippen LogP contribution in [0.1, 0.15) is 0 Å². The van der Waals surface area contributed by atoms with Crippen LogP contribution in [-0.2, 0) is 0 Å². The summed E-state index contributed by atoms with van der Waals surface area (Å²) in [5, 5.41) is 1.49. The first-order chi connectivity index (χ1) is 5.79. The third-order valence-electron chi connectivity index (χ3n) is 1.65. The lowest BCUT2D eigenvalue weighted by molar-refractivity contribution is 1.25. The molecule has 0 aliphatic rings. The minimum absolute atomic E-state index is 0.110. The Morgan fingerprint density at radius 1 is 1.33 bits per heavy atom. The summed E-state index contributed by atoms with van der Waals surface area (Å²) in [5.74, 6) is 0. The SMILES string of the molecule is O=c1[nH]ccc2c(Br)cncc12. The maximum absolute atomic E-state index is 11.2. The van der Waals surface area contributed by atoms with Crippen molar-refractivity contribution in [3.63, 3.8) is 0 Å². The first-order valence-electron chi connectivity index (χ1n) is 3.40. The van der Waals surface area contributed by atoms with Gasteiger partial charge in [-0.25, -0.2) is 0 Å². The Hall–Kier alpha value is -1.16. The van der Waals surface area contributed by atoms with E-state index in [2.05, 4.69) is 25.9 Å². The molecule has 0 radical (unpaired) electrons. The summed E-state index contributed by atoms with van der Waals surface area (Å²) < 4.78 is 0.839. The molecule has 12 heavy (non-hydrogen) atoms. The molecule has 1 N–H and O–H groups in total. The van der Waals surface area contributed by atoms with Gasteiger partial charge >= 0.3 is 0 Å². The van der Waals surface area contributed by atoms with Crippen LogP contribution in [0.2, 0.25) is 0 Å². The Morgan fingerprint density at radius 2 is 2.17 bits per heavy atom. The molecule has 2 aromatic rings. The highest BCUT2D eigenvalue weighted by atomic mass is 79.9. The van der Waals surface area contributed by atoms with Crippen LogP contribution >= 0.6 is 15.9 Å². The number of pyridine rings is 2. The Bertz CT molecular complexity index is 478. The lowest BCUT2D eigenvalue weighted by atomic mass is 10.2. The van der Waals surface area contributed by atoms with Crippen molar-refractivity contribution in [1.29, 1.82) is 0 Å². The highest BCUT2D eigenvalue weighted by Gasteiger charge is 1.99. The maximum atomic E-state index is 11.2. The van der Waals surface area contributed by atoms with Crippen molar-refractivity contribution in [3.05, 3.63) is 39.5 Å². The normalized spacial score (nSPS) is 10.4. The van der Waals surface area contributed by atoms with Gasteiger partial charge in [0.2, 0.25) is 0 Å². The van der Waals surface area contributed by atoms with E-state index in [1.165, 1.54) is 0 Å². The van der Waals surface area contributed by atoms with E-state index in [1.807, 2.05) is 6.07 Å². The molecule has 60 valence electrons. The lowest BCUT2D eigenvalue weighted by Crippen LogP contribution is -2.04. The fourth-order valence-corrected chi connectivity index (χ4v) is 1.54. The quantitative estimate of drug-likeness (QED) is 0.741. The topological polar surface area (TPSA) is 45.8 Å². The Kier molecular flexibility index (Phi) is 1.69. The molecular formula is C8H5BrN2O. The second-order valence-corrected chi connectivity index (χ2v) is 3.24. The average Bonchev–Trinajstić information content (AvgIpc) is 2.07. The van der Waals surface area contributed by atoms with Crippen LogP contribution in [0.5, 0.6) is 0 Å². The maximum Gasteiger partial charge on any atom is 0.257 e. The molecule has 0 fully saturated rings. The third-order valence-corrected chi connectivity index (χ3v) is 2.28. The first kappa shape index (κ1) is 7.49. The highest BCUT2D eigenvalue weighted by Crippen LogP contribution is 2.18. The molecule has 2 rings (SSSR count). The van der Waals surface area contributed by atoms with Crippen LogP contribution in [0.25, 0.3) is 10.8 Å². The largest absolute Gasteiger partial charge is 0.329 e. The summed E-state index contributed by atoms with van der Waals surface area (Å²) in [6.07, 6.45) is 4.84. The van der Waals surface area contributed by atoms with Crippen LogP contribution in [0.15, 0.2) is 33.9 Å². The number of hydrogen-bond donors (Lipinski definition) is 1. The molecular weight excluding hydrogens is 220 g/mol. The van der Waals surface area contributed by atoms with Crippen molar-refractivity contribution in [3.8, 4) is 0 Å². The molecule has 0 saturated carbocycles. The smallest absolute Gasteiger partial charge is 0.257 e. The van der Waals surface area contributed by atoms with Gasteiger partial charge in [0.15, 0.2) is 0 Å². The van der Waals surface area contributed by atoms with E-state index in [-0.39, 0.29) is 5.56 Å². The second kappa shape index (κ2) is 2.71. The zero-order valence-corrected chi connectivity index (χ0v) is 7.63. The number of aromatic nitrogens is 2. The molecule has 0 amide bonds. The summed E-state index contributed by atoms with van der Waals surface area (Å²) in [6.45, 7) is 0. The highest BCUT2D eigenvalue weighted by molar-refractivity contribution is 9.10. The van der Waals surface area contributed by atoms with Crippen LogP contribution < -0.4 is 5.56 Å². The molecule has 3 nitrogen and oxygen atoms in total. The van der Waals surface area contributed by atoms with Gasteiger partial charge in [-0.3, -0.25) is 9.78 Å². The van der Waals surface area contributed by atoms with Crippen LogP contribution in [0.3, 0.4) is 0 Å². The van der Waals surface area contributed by atoms with Gasteiger partial charge in [-0.2, -0.15) is 0 Å². The Balaban J connectivity index is 3.05. The molecule has 0 aliphatic carbocycles. The summed E-state index contributed by atoms with van der Waals surface area (Å²) in [7, 11) is 0. The molecule has 0 saturated heterocycles. The summed E-state index contributed by atoms with van der Waals surface area (Å²) in [6, 6.07) is 1.84. The van der Waals surface area contributed by atoms with Crippen LogP contribution in [0.4, 0.5) is 0 Å². The number of halogens is 1. The first-order valence-corrected chi connectivity index (χ1v) is 4.19. The summed E-state index contributed by atoms with van der Waals surface area (Å²) in [5.41, 5.74) is -0.110. The van der Waals surface area contributed by atoms with Crippen LogP contribution in [-0.4, -0.2) is 9.97 Å². The molecule has 0 spiro atoms. The van der Waals surface area contributed by atoms with Gasteiger partial charge < -0.3 is 4.98 Å². The van der Waals surface area contributed by atoms with Crippen molar-refractivity contribution in [1.82, 2.24) is 9.97 Å². The summed E-state index contributed by atoms with van der Waals surface area (Å²) in [4.78, 5) is 17.7. The Morgan fingerprint density at radius 3 is 2.92 bits per heavy atom.